The molecule has 0 saturated heterocycles. The predicted octanol–water partition coefficient (Wildman–Crippen LogP) is 3.65. The van der Waals surface area contributed by atoms with Gasteiger partial charge < -0.3 is 10.3 Å². The molecule has 4 rings (SSSR count). The third-order valence-electron chi connectivity index (χ3n) is 4.32. The quantitative estimate of drug-likeness (QED) is 0.705. The van der Waals surface area contributed by atoms with Gasteiger partial charge in [0.05, 0.1) is 11.3 Å². The topological polar surface area (TPSA) is 81.6 Å². The summed E-state index contributed by atoms with van der Waals surface area (Å²) in [4.78, 5) is 20.0. The molecule has 1 aliphatic rings. The van der Waals surface area contributed by atoms with Crippen molar-refractivity contribution >= 4 is 34.3 Å². The van der Waals surface area contributed by atoms with Gasteiger partial charge in [0.2, 0.25) is 5.91 Å². The van der Waals surface area contributed by atoms with Crippen molar-refractivity contribution in [3.63, 3.8) is 0 Å². The molecule has 0 aliphatic heterocycles. The molecule has 1 aliphatic carbocycles. The number of H-pyrrole nitrogens is 1. The van der Waals surface area contributed by atoms with Crippen LogP contribution in [0, 0.1) is 11.3 Å². The average molecular weight is 348 g/mol. The molecule has 0 spiro atoms. The molecule has 25 heavy (non-hydrogen) atoms. The Kier molecular flexibility index (Phi) is 4.16. The number of benzene rings is 1. The first-order valence-corrected chi connectivity index (χ1v) is 9.14. The number of hydrogen-bond donors (Lipinski definition) is 2. The van der Waals surface area contributed by atoms with Crippen molar-refractivity contribution in [2.24, 2.45) is 0 Å². The molecular weight excluding hydrogens is 332 g/mol. The zero-order valence-electron chi connectivity index (χ0n) is 13.5. The van der Waals surface area contributed by atoms with Crippen LogP contribution in [0.2, 0.25) is 0 Å². The lowest BCUT2D eigenvalue weighted by Gasteiger charge is -2.08. The number of carbonyl (C=O) groups is 1. The first kappa shape index (κ1) is 15.7. The van der Waals surface area contributed by atoms with E-state index in [2.05, 4.69) is 21.4 Å². The minimum Gasteiger partial charge on any atom is -0.361 e. The predicted molar refractivity (Wildman–Crippen MR) is 98.6 cm³/mol. The second-order valence-corrected chi connectivity index (χ2v) is 6.99. The van der Waals surface area contributed by atoms with Crippen LogP contribution in [0.1, 0.15) is 23.2 Å². The molecule has 2 heterocycles. The van der Waals surface area contributed by atoms with Crippen molar-refractivity contribution in [2.75, 3.05) is 11.1 Å². The number of nitriles is 1. The van der Waals surface area contributed by atoms with Crippen molar-refractivity contribution in [2.45, 2.75) is 24.3 Å². The van der Waals surface area contributed by atoms with Crippen LogP contribution in [-0.2, 0) is 17.6 Å². The molecule has 0 saturated carbocycles. The van der Waals surface area contributed by atoms with Crippen LogP contribution in [0.15, 0.2) is 41.6 Å². The van der Waals surface area contributed by atoms with Gasteiger partial charge in [-0.3, -0.25) is 4.79 Å². The maximum absolute atomic E-state index is 12.2. The second kappa shape index (κ2) is 6.61. The SMILES string of the molecule is N#Cc1cc2c(nc1SCC(=O)Nc1ccc3cc[nH]c3c1)CCC2. The Labute approximate surface area is 149 Å². The number of thioether (sulfide) groups is 1. The van der Waals surface area contributed by atoms with Crippen LogP contribution in [-0.4, -0.2) is 21.6 Å². The molecule has 1 amide bonds. The van der Waals surface area contributed by atoms with E-state index in [9.17, 15) is 10.1 Å². The number of aromatic nitrogens is 2. The Bertz CT molecular complexity index is 1000. The van der Waals surface area contributed by atoms with E-state index in [4.69, 9.17) is 0 Å². The lowest BCUT2D eigenvalue weighted by atomic mass is 10.2. The summed E-state index contributed by atoms with van der Waals surface area (Å²) < 4.78 is 0. The van der Waals surface area contributed by atoms with Gasteiger partial charge in [0.1, 0.15) is 11.1 Å². The van der Waals surface area contributed by atoms with Crippen LogP contribution in [0.25, 0.3) is 10.9 Å². The van der Waals surface area contributed by atoms with Crippen LogP contribution < -0.4 is 5.32 Å². The summed E-state index contributed by atoms with van der Waals surface area (Å²) in [6.07, 6.45) is 4.90. The fraction of sp³-hybridized carbons (Fsp3) is 0.211. The Balaban J connectivity index is 1.44. The van der Waals surface area contributed by atoms with Gasteiger partial charge in [-0.2, -0.15) is 5.26 Å². The number of aromatic amines is 1. The number of fused-ring (bicyclic) bond motifs is 2. The van der Waals surface area contributed by atoms with E-state index < -0.39 is 0 Å². The third kappa shape index (κ3) is 3.24. The first-order chi connectivity index (χ1) is 12.2. The van der Waals surface area contributed by atoms with Gasteiger partial charge in [-0.1, -0.05) is 17.8 Å². The van der Waals surface area contributed by atoms with Gasteiger partial charge >= 0.3 is 0 Å². The van der Waals surface area contributed by atoms with Crippen molar-refractivity contribution in [3.05, 3.63) is 53.3 Å². The monoisotopic (exact) mass is 348 g/mol. The van der Waals surface area contributed by atoms with Gasteiger partial charge in [-0.25, -0.2) is 4.98 Å². The smallest absolute Gasteiger partial charge is 0.234 e. The average Bonchev–Trinajstić information content (AvgIpc) is 3.26. The number of nitrogens with zero attached hydrogens (tertiary/aromatic N) is 2. The van der Waals surface area contributed by atoms with Crippen molar-refractivity contribution in [3.8, 4) is 6.07 Å². The van der Waals surface area contributed by atoms with Crippen LogP contribution in [0.4, 0.5) is 5.69 Å². The largest absolute Gasteiger partial charge is 0.361 e. The molecule has 0 fully saturated rings. The van der Waals surface area contributed by atoms with Gasteiger partial charge in [0.25, 0.3) is 0 Å². The van der Waals surface area contributed by atoms with Crippen molar-refractivity contribution in [1.29, 1.82) is 5.26 Å². The molecule has 2 aromatic heterocycles. The first-order valence-electron chi connectivity index (χ1n) is 8.15. The molecule has 124 valence electrons. The lowest BCUT2D eigenvalue weighted by Crippen LogP contribution is -2.14. The number of pyridine rings is 1. The molecule has 0 unspecified atom stereocenters. The molecule has 2 N–H and O–H groups in total. The van der Waals surface area contributed by atoms with Crippen LogP contribution >= 0.6 is 11.8 Å². The van der Waals surface area contributed by atoms with E-state index in [0.717, 1.165) is 41.5 Å². The number of carbonyl (C=O) groups excluding carboxylic acids is 1. The fourth-order valence-corrected chi connectivity index (χ4v) is 3.87. The van der Waals surface area contributed by atoms with E-state index in [1.54, 1.807) is 0 Å². The van der Waals surface area contributed by atoms with E-state index >= 15 is 0 Å². The van der Waals surface area contributed by atoms with Crippen LogP contribution in [0.3, 0.4) is 0 Å². The highest BCUT2D eigenvalue weighted by Crippen LogP contribution is 2.28. The zero-order valence-corrected chi connectivity index (χ0v) is 14.3. The highest BCUT2D eigenvalue weighted by molar-refractivity contribution is 8.00. The van der Waals surface area contributed by atoms with Gasteiger partial charge in [-0.05, 0) is 54.5 Å². The highest BCUT2D eigenvalue weighted by atomic mass is 32.2. The molecule has 0 bridgehead atoms. The van der Waals surface area contributed by atoms with Crippen LogP contribution in [0.5, 0.6) is 0 Å². The molecular formula is C19H16N4OS. The fourth-order valence-electron chi connectivity index (χ4n) is 3.10. The Morgan fingerprint density at radius 2 is 2.24 bits per heavy atom. The number of hydrogen-bond acceptors (Lipinski definition) is 4. The molecule has 3 aromatic rings. The summed E-state index contributed by atoms with van der Waals surface area (Å²) in [5, 5.41) is 14.0. The van der Waals surface area contributed by atoms with Gasteiger partial charge in [-0.15, -0.1) is 0 Å². The molecule has 6 heteroatoms. The summed E-state index contributed by atoms with van der Waals surface area (Å²) in [6, 6.07) is 11.9. The summed E-state index contributed by atoms with van der Waals surface area (Å²) in [5.41, 5.74) is 4.54. The van der Waals surface area contributed by atoms with Gasteiger partial charge in [0.15, 0.2) is 0 Å². The number of aryl methyl sites for hydroxylation is 2. The maximum Gasteiger partial charge on any atom is 0.234 e. The zero-order chi connectivity index (χ0) is 17.2. The minimum absolute atomic E-state index is 0.109. The third-order valence-corrected chi connectivity index (χ3v) is 5.31. The molecule has 0 atom stereocenters. The van der Waals surface area contributed by atoms with Crippen molar-refractivity contribution in [1.82, 2.24) is 9.97 Å². The summed E-state index contributed by atoms with van der Waals surface area (Å²) in [5.74, 6) is 0.116. The normalized spacial score (nSPS) is 12.8. The van der Waals surface area contributed by atoms with E-state index in [1.165, 1.54) is 17.3 Å². The number of nitrogens with one attached hydrogen (secondary N) is 2. The van der Waals surface area contributed by atoms with E-state index in [1.807, 2.05) is 36.5 Å². The Morgan fingerprint density at radius 1 is 1.32 bits per heavy atom. The molecule has 0 radical (unpaired) electrons. The Hall–Kier alpha value is -2.78. The van der Waals surface area contributed by atoms with Crippen molar-refractivity contribution < 1.29 is 4.79 Å². The molecule has 1 aromatic carbocycles. The number of rotatable bonds is 4. The summed E-state index contributed by atoms with van der Waals surface area (Å²) in [6.45, 7) is 0. The minimum atomic E-state index is -0.109. The Morgan fingerprint density at radius 3 is 3.12 bits per heavy atom. The highest BCUT2D eigenvalue weighted by Gasteiger charge is 2.17. The van der Waals surface area contributed by atoms with Gasteiger partial charge in [0, 0.05) is 23.1 Å². The summed E-state index contributed by atoms with van der Waals surface area (Å²) >= 11 is 1.32. The van der Waals surface area contributed by atoms with E-state index in [-0.39, 0.29) is 11.7 Å². The number of anilines is 1. The summed E-state index contributed by atoms with van der Waals surface area (Å²) in [7, 11) is 0. The number of amides is 1. The maximum atomic E-state index is 12.2. The second-order valence-electron chi connectivity index (χ2n) is 6.03. The lowest BCUT2D eigenvalue weighted by molar-refractivity contribution is -0.113. The molecule has 5 nitrogen and oxygen atoms in total. The standard InChI is InChI=1S/C19H16N4OS/c20-10-14-8-13-2-1-3-16(13)23-19(14)25-11-18(24)22-15-5-4-12-6-7-21-17(12)9-15/h4-9,21H,1-3,11H2,(H,22,24). The van der Waals surface area contributed by atoms with E-state index in [0.29, 0.717) is 10.6 Å².